The maximum absolute atomic E-state index is 12.6. The van der Waals surface area contributed by atoms with E-state index >= 15 is 0 Å². The van der Waals surface area contributed by atoms with Crippen LogP contribution in [-0.4, -0.2) is 10.9 Å². The van der Waals surface area contributed by atoms with Crippen LogP contribution < -0.4 is 11.1 Å². The number of nitrogens with zero attached hydrogens (tertiary/aromatic N) is 1. The second-order valence-electron chi connectivity index (χ2n) is 5.55. The van der Waals surface area contributed by atoms with Crippen molar-refractivity contribution in [1.29, 1.82) is 0 Å². The molecule has 0 spiro atoms. The smallest absolute Gasteiger partial charge is 0.255 e. The zero-order chi connectivity index (χ0) is 14.7. The van der Waals surface area contributed by atoms with E-state index in [1.807, 2.05) is 18.2 Å². The summed E-state index contributed by atoms with van der Waals surface area (Å²) in [5.41, 5.74) is 7.14. The molecule has 1 aromatic heterocycles. The maximum Gasteiger partial charge on any atom is 0.255 e. The van der Waals surface area contributed by atoms with Gasteiger partial charge in [-0.3, -0.25) is 4.79 Å². The van der Waals surface area contributed by atoms with Crippen LogP contribution in [0.4, 0.5) is 5.82 Å². The maximum atomic E-state index is 12.6. The number of nitrogens with one attached hydrogen (secondary N) is 1. The first-order valence-corrected chi connectivity index (χ1v) is 7.30. The van der Waals surface area contributed by atoms with E-state index in [1.165, 1.54) is 5.56 Å². The molecule has 1 amide bonds. The average Bonchev–Trinajstić information content (AvgIpc) is 2.98. The van der Waals surface area contributed by atoms with Crippen molar-refractivity contribution in [3.8, 4) is 0 Å². The standard InChI is InChI=1S/C17H19N3O/c18-15-14(9-6-12-19-15)16(21)20-17(10-4-5-11-17)13-7-2-1-3-8-13/h1-3,6-9,12H,4-5,10-11H2,(H2,18,19)(H,20,21). The molecule has 0 atom stereocenters. The fourth-order valence-corrected chi connectivity index (χ4v) is 3.12. The molecule has 3 N–H and O–H groups in total. The van der Waals surface area contributed by atoms with E-state index < -0.39 is 0 Å². The van der Waals surface area contributed by atoms with Gasteiger partial charge >= 0.3 is 0 Å². The van der Waals surface area contributed by atoms with Gasteiger partial charge in [-0.25, -0.2) is 4.98 Å². The van der Waals surface area contributed by atoms with Crippen LogP contribution in [0.1, 0.15) is 41.6 Å². The van der Waals surface area contributed by atoms with Crippen molar-refractivity contribution < 1.29 is 4.79 Å². The fraction of sp³-hybridized carbons (Fsp3) is 0.294. The zero-order valence-corrected chi connectivity index (χ0v) is 11.9. The summed E-state index contributed by atoms with van der Waals surface area (Å²) in [6.45, 7) is 0. The molecule has 1 aromatic carbocycles. The predicted octanol–water partition coefficient (Wildman–Crippen LogP) is 2.86. The Hall–Kier alpha value is -2.36. The molecule has 108 valence electrons. The highest BCUT2D eigenvalue weighted by molar-refractivity contribution is 5.98. The highest BCUT2D eigenvalue weighted by atomic mass is 16.1. The summed E-state index contributed by atoms with van der Waals surface area (Å²) < 4.78 is 0. The van der Waals surface area contributed by atoms with Crippen LogP contribution in [-0.2, 0) is 5.54 Å². The van der Waals surface area contributed by atoms with E-state index in [0.29, 0.717) is 5.56 Å². The fourth-order valence-electron chi connectivity index (χ4n) is 3.12. The third kappa shape index (κ3) is 2.61. The molecule has 4 heteroatoms. The summed E-state index contributed by atoms with van der Waals surface area (Å²) in [7, 11) is 0. The number of nitrogens with two attached hydrogens (primary N) is 1. The van der Waals surface area contributed by atoms with E-state index in [9.17, 15) is 4.79 Å². The van der Waals surface area contributed by atoms with Crippen LogP contribution >= 0.6 is 0 Å². The predicted molar refractivity (Wildman–Crippen MR) is 82.7 cm³/mol. The van der Waals surface area contributed by atoms with Gasteiger partial charge in [-0.2, -0.15) is 0 Å². The highest BCUT2D eigenvalue weighted by Gasteiger charge is 2.37. The molecule has 2 aromatic rings. The lowest BCUT2D eigenvalue weighted by atomic mass is 9.88. The van der Waals surface area contributed by atoms with Crippen molar-refractivity contribution in [3.05, 3.63) is 59.8 Å². The Morgan fingerprint density at radius 3 is 2.48 bits per heavy atom. The molecule has 0 bridgehead atoms. The van der Waals surface area contributed by atoms with E-state index in [-0.39, 0.29) is 17.3 Å². The second kappa shape index (κ2) is 5.56. The van der Waals surface area contributed by atoms with E-state index in [1.54, 1.807) is 18.3 Å². The molecule has 1 saturated carbocycles. The Bertz CT molecular complexity index is 633. The van der Waals surface area contributed by atoms with Crippen LogP contribution in [0.3, 0.4) is 0 Å². The lowest BCUT2D eigenvalue weighted by Crippen LogP contribution is -2.44. The lowest BCUT2D eigenvalue weighted by molar-refractivity contribution is 0.0899. The van der Waals surface area contributed by atoms with Crippen LogP contribution in [0.15, 0.2) is 48.7 Å². The molecular formula is C17H19N3O. The van der Waals surface area contributed by atoms with Gasteiger partial charge < -0.3 is 11.1 Å². The van der Waals surface area contributed by atoms with Gasteiger partial charge in [0.15, 0.2) is 0 Å². The first-order chi connectivity index (χ1) is 10.2. The summed E-state index contributed by atoms with van der Waals surface area (Å²) in [6.07, 6.45) is 5.76. The molecule has 3 rings (SSSR count). The SMILES string of the molecule is Nc1ncccc1C(=O)NC1(c2ccccc2)CCCC1. The molecular weight excluding hydrogens is 262 g/mol. The van der Waals surface area contributed by atoms with E-state index in [0.717, 1.165) is 25.7 Å². The van der Waals surface area contributed by atoms with Gasteiger partial charge in [0.1, 0.15) is 5.82 Å². The Kier molecular flexibility index (Phi) is 3.60. The van der Waals surface area contributed by atoms with Crippen molar-refractivity contribution in [1.82, 2.24) is 10.3 Å². The summed E-state index contributed by atoms with van der Waals surface area (Å²) >= 11 is 0. The Morgan fingerprint density at radius 2 is 1.81 bits per heavy atom. The molecule has 1 fully saturated rings. The number of carbonyl (C=O) groups excluding carboxylic acids is 1. The van der Waals surface area contributed by atoms with Gasteiger partial charge in [0.25, 0.3) is 5.91 Å². The summed E-state index contributed by atoms with van der Waals surface area (Å²) in [5, 5.41) is 3.21. The van der Waals surface area contributed by atoms with Gasteiger partial charge in [0.05, 0.1) is 11.1 Å². The summed E-state index contributed by atoms with van der Waals surface area (Å²) in [5.74, 6) is 0.127. The number of benzene rings is 1. The van der Waals surface area contributed by atoms with Gasteiger partial charge in [-0.05, 0) is 30.5 Å². The van der Waals surface area contributed by atoms with Gasteiger partial charge in [-0.1, -0.05) is 43.2 Å². The number of rotatable bonds is 3. The normalized spacial score (nSPS) is 16.6. The van der Waals surface area contributed by atoms with Crippen LogP contribution in [0.2, 0.25) is 0 Å². The Balaban J connectivity index is 1.90. The summed E-state index contributed by atoms with van der Waals surface area (Å²) in [4.78, 5) is 16.6. The van der Waals surface area contributed by atoms with Crippen molar-refractivity contribution in [3.63, 3.8) is 0 Å². The second-order valence-corrected chi connectivity index (χ2v) is 5.55. The number of hydrogen-bond acceptors (Lipinski definition) is 3. The quantitative estimate of drug-likeness (QED) is 0.909. The minimum absolute atomic E-state index is 0.147. The van der Waals surface area contributed by atoms with Gasteiger partial charge in [0.2, 0.25) is 0 Å². The highest BCUT2D eigenvalue weighted by Crippen LogP contribution is 2.38. The van der Waals surface area contributed by atoms with Gasteiger partial charge in [0, 0.05) is 6.20 Å². The molecule has 0 saturated heterocycles. The van der Waals surface area contributed by atoms with Crippen LogP contribution in [0, 0.1) is 0 Å². The number of anilines is 1. The number of pyridine rings is 1. The minimum atomic E-state index is -0.277. The first kappa shape index (κ1) is 13.6. The van der Waals surface area contributed by atoms with E-state index in [4.69, 9.17) is 5.73 Å². The van der Waals surface area contributed by atoms with Crippen molar-refractivity contribution in [2.75, 3.05) is 5.73 Å². The molecule has 0 unspecified atom stereocenters. The largest absolute Gasteiger partial charge is 0.383 e. The number of aromatic nitrogens is 1. The average molecular weight is 281 g/mol. The zero-order valence-electron chi connectivity index (χ0n) is 11.9. The Labute approximate surface area is 124 Å². The van der Waals surface area contributed by atoms with Crippen molar-refractivity contribution >= 4 is 11.7 Å². The molecule has 21 heavy (non-hydrogen) atoms. The molecule has 1 aliphatic carbocycles. The molecule has 1 aliphatic rings. The third-order valence-electron chi connectivity index (χ3n) is 4.22. The number of amides is 1. The minimum Gasteiger partial charge on any atom is -0.383 e. The van der Waals surface area contributed by atoms with Gasteiger partial charge in [-0.15, -0.1) is 0 Å². The first-order valence-electron chi connectivity index (χ1n) is 7.30. The number of hydrogen-bond donors (Lipinski definition) is 2. The van der Waals surface area contributed by atoms with Crippen molar-refractivity contribution in [2.24, 2.45) is 0 Å². The molecule has 0 radical (unpaired) electrons. The molecule has 0 aliphatic heterocycles. The summed E-state index contributed by atoms with van der Waals surface area (Å²) in [6, 6.07) is 13.6. The third-order valence-corrected chi connectivity index (χ3v) is 4.22. The number of nitrogen functional groups attached to an aromatic ring is 1. The van der Waals surface area contributed by atoms with E-state index in [2.05, 4.69) is 22.4 Å². The molecule has 4 nitrogen and oxygen atoms in total. The topological polar surface area (TPSA) is 68.0 Å². The monoisotopic (exact) mass is 281 g/mol. The Morgan fingerprint density at radius 1 is 1.10 bits per heavy atom. The van der Waals surface area contributed by atoms with Crippen LogP contribution in [0.25, 0.3) is 0 Å². The lowest BCUT2D eigenvalue weighted by Gasteiger charge is -2.31. The number of carbonyl (C=O) groups is 1. The molecule has 1 heterocycles. The van der Waals surface area contributed by atoms with Crippen molar-refractivity contribution in [2.45, 2.75) is 31.2 Å². The van der Waals surface area contributed by atoms with Crippen LogP contribution in [0.5, 0.6) is 0 Å².